The van der Waals surface area contributed by atoms with E-state index in [0.717, 1.165) is 0 Å². The first-order valence-electron chi connectivity index (χ1n) is 6.34. The van der Waals surface area contributed by atoms with Crippen molar-refractivity contribution in [3.63, 3.8) is 0 Å². The Hall–Kier alpha value is -1.95. The van der Waals surface area contributed by atoms with Crippen molar-refractivity contribution in [2.24, 2.45) is 5.10 Å². The minimum atomic E-state index is -0.492. The number of benzene rings is 2. The zero-order valence-electron chi connectivity index (χ0n) is 11.6. The van der Waals surface area contributed by atoms with E-state index in [1.54, 1.807) is 12.1 Å². The molecule has 0 unspecified atom stereocenters. The Balaban J connectivity index is 1.87. The highest BCUT2D eigenvalue weighted by Crippen LogP contribution is 2.27. The monoisotopic (exact) mass is 372 g/mol. The van der Waals surface area contributed by atoms with Crippen LogP contribution < -0.4 is 10.2 Å². The summed E-state index contributed by atoms with van der Waals surface area (Å²) < 4.78 is 5.25. The van der Waals surface area contributed by atoms with Gasteiger partial charge in [-0.25, -0.2) is 5.43 Å². The Morgan fingerprint density at radius 1 is 1.17 bits per heavy atom. The van der Waals surface area contributed by atoms with Gasteiger partial charge in [-0.1, -0.05) is 34.8 Å². The summed E-state index contributed by atoms with van der Waals surface area (Å²) >= 11 is 17.5. The van der Waals surface area contributed by atoms with Gasteiger partial charge in [0.15, 0.2) is 6.61 Å². The average Bonchev–Trinajstić information content (AvgIpc) is 2.50. The van der Waals surface area contributed by atoms with Crippen molar-refractivity contribution in [1.29, 1.82) is 0 Å². The van der Waals surface area contributed by atoms with Gasteiger partial charge in [0, 0.05) is 15.6 Å². The molecule has 0 bridgehead atoms. The number of amides is 1. The number of nitrogens with one attached hydrogen (secondary N) is 1. The first-order chi connectivity index (χ1) is 11.0. The molecule has 8 heteroatoms. The van der Waals surface area contributed by atoms with Crippen LogP contribution in [-0.4, -0.2) is 23.8 Å². The van der Waals surface area contributed by atoms with Gasteiger partial charge in [-0.15, -0.1) is 0 Å². The number of aromatic hydroxyl groups is 1. The van der Waals surface area contributed by atoms with Crippen LogP contribution in [0.4, 0.5) is 0 Å². The van der Waals surface area contributed by atoms with Crippen molar-refractivity contribution in [2.45, 2.75) is 0 Å². The van der Waals surface area contributed by atoms with Crippen molar-refractivity contribution in [3.05, 3.63) is 57.0 Å². The van der Waals surface area contributed by atoms with Crippen molar-refractivity contribution in [2.75, 3.05) is 6.61 Å². The number of hydrazone groups is 1. The number of rotatable bonds is 5. The predicted octanol–water partition coefficient (Wildman–Crippen LogP) is 3.88. The van der Waals surface area contributed by atoms with Crippen molar-refractivity contribution < 1.29 is 14.6 Å². The molecule has 5 nitrogen and oxygen atoms in total. The topological polar surface area (TPSA) is 70.9 Å². The van der Waals surface area contributed by atoms with Gasteiger partial charge in [-0.2, -0.15) is 5.10 Å². The van der Waals surface area contributed by atoms with Crippen LogP contribution in [-0.2, 0) is 4.79 Å². The summed E-state index contributed by atoms with van der Waals surface area (Å²) in [5.74, 6) is -0.159. The van der Waals surface area contributed by atoms with Gasteiger partial charge in [0.25, 0.3) is 5.91 Å². The molecule has 2 rings (SSSR count). The minimum absolute atomic E-state index is 0.00315. The lowest BCUT2D eigenvalue weighted by Gasteiger charge is -2.07. The average molecular weight is 374 g/mol. The maximum absolute atomic E-state index is 11.6. The Morgan fingerprint density at radius 2 is 1.87 bits per heavy atom. The predicted molar refractivity (Wildman–Crippen MR) is 90.8 cm³/mol. The van der Waals surface area contributed by atoms with Crippen LogP contribution in [0, 0.1) is 0 Å². The molecule has 0 spiro atoms. The molecular formula is C15H11Cl3N2O3. The molecule has 2 aromatic carbocycles. The quantitative estimate of drug-likeness (QED) is 0.617. The molecule has 0 aliphatic rings. The fourth-order valence-corrected chi connectivity index (χ4v) is 2.21. The molecule has 0 saturated carbocycles. The van der Waals surface area contributed by atoms with Gasteiger partial charge >= 0.3 is 0 Å². The number of phenolic OH excluding ortho intramolecular Hbond substituents is 1. The van der Waals surface area contributed by atoms with E-state index in [9.17, 15) is 9.90 Å². The highest BCUT2D eigenvalue weighted by atomic mass is 35.5. The number of hydrogen-bond donors (Lipinski definition) is 2. The SMILES string of the molecule is O=C(COc1ccc(Cl)cc1Cl)N/N=C/c1cc(Cl)ccc1O. The molecule has 1 amide bonds. The zero-order valence-corrected chi connectivity index (χ0v) is 13.9. The van der Waals surface area contributed by atoms with Crippen LogP contribution in [0.3, 0.4) is 0 Å². The van der Waals surface area contributed by atoms with E-state index in [1.165, 1.54) is 30.5 Å². The number of nitrogens with zero attached hydrogens (tertiary/aromatic N) is 1. The molecule has 2 aromatic rings. The van der Waals surface area contributed by atoms with Gasteiger partial charge in [0.1, 0.15) is 11.5 Å². The summed E-state index contributed by atoms with van der Waals surface area (Å²) in [6.07, 6.45) is 1.27. The largest absolute Gasteiger partial charge is 0.507 e. The van der Waals surface area contributed by atoms with Crippen LogP contribution in [0.15, 0.2) is 41.5 Å². The second-order valence-corrected chi connectivity index (χ2v) is 5.64. The van der Waals surface area contributed by atoms with Crippen LogP contribution in [0.1, 0.15) is 5.56 Å². The number of ether oxygens (including phenoxy) is 1. The van der Waals surface area contributed by atoms with Crippen molar-refractivity contribution in [1.82, 2.24) is 5.43 Å². The lowest BCUT2D eigenvalue weighted by Crippen LogP contribution is -2.24. The van der Waals surface area contributed by atoms with Crippen molar-refractivity contribution >= 4 is 46.9 Å². The van der Waals surface area contributed by atoms with Crippen LogP contribution in [0.25, 0.3) is 0 Å². The van der Waals surface area contributed by atoms with Gasteiger partial charge in [-0.3, -0.25) is 4.79 Å². The molecule has 0 aliphatic heterocycles. The molecule has 2 N–H and O–H groups in total. The zero-order chi connectivity index (χ0) is 16.8. The maximum atomic E-state index is 11.6. The summed E-state index contributed by atoms with van der Waals surface area (Å²) in [6, 6.07) is 9.15. The van der Waals surface area contributed by atoms with Crippen molar-refractivity contribution in [3.8, 4) is 11.5 Å². The summed E-state index contributed by atoms with van der Waals surface area (Å²) in [7, 11) is 0. The third-order valence-corrected chi connectivity index (χ3v) is 3.40. The first kappa shape index (κ1) is 17.4. The Bertz CT molecular complexity index is 751. The van der Waals surface area contributed by atoms with Crippen LogP contribution in [0.5, 0.6) is 11.5 Å². The standard InChI is InChI=1S/C15H11Cl3N2O3/c16-10-1-3-13(21)9(5-10)7-19-20-15(22)8-23-14-4-2-11(17)6-12(14)18/h1-7,21H,8H2,(H,20,22)/b19-7+. The molecule has 0 radical (unpaired) electrons. The van der Waals surface area contributed by atoms with Gasteiger partial charge in [0.2, 0.25) is 0 Å². The maximum Gasteiger partial charge on any atom is 0.277 e. The normalized spacial score (nSPS) is 10.7. The van der Waals surface area contributed by atoms with E-state index >= 15 is 0 Å². The smallest absolute Gasteiger partial charge is 0.277 e. The summed E-state index contributed by atoms with van der Waals surface area (Å²) in [5.41, 5.74) is 2.64. The number of hydrogen-bond acceptors (Lipinski definition) is 4. The highest BCUT2D eigenvalue weighted by molar-refractivity contribution is 6.35. The van der Waals surface area contributed by atoms with Gasteiger partial charge < -0.3 is 9.84 Å². The van der Waals surface area contributed by atoms with Crippen LogP contribution >= 0.6 is 34.8 Å². The molecular weight excluding hydrogens is 363 g/mol. The molecule has 0 heterocycles. The highest BCUT2D eigenvalue weighted by Gasteiger charge is 2.06. The van der Waals surface area contributed by atoms with Crippen LogP contribution in [0.2, 0.25) is 15.1 Å². The lowest BCUT2D eigenvalue weighted by atomic mass is 10.2. The Kier molecular flexibility index (Phi) is 6.10. The second kappa shape index (κ2) is 8.06. The third-order valence-electron chi connectivity index (χ3n) is 2.64. The molecule has 0 aliphatic carbocycles. The Labute approximate surface area is 147 Å². The number of halogens is 3. The summed E-state index contributed by atoms with van der Waals surface area (Å²) in [6.45, 7) is -0.278. The molecule has 120 valence electrons. The molecule has 23 heavy (non-hydrogen) atoms. The molecule has 0 aromatic heterocycles. The van der Waals surface area contributed by atoms with E-state index in [2.05, 4.69) is 10.5 Å². The van der Waals surface area contributed by atoms with E-state index in [0.29, 0.717) is 26.4 Å². The second-order valence-electron chi connectivity index (χ2n) is 4.36. The number of carbonyl (C=O) groups excluding carboxylic acids is 1. The van der Waals surface area contributed by atoms with Gasteiger partial charge in [-0.05, 0) is 36.4 Å². The third kappa shape index (κ3) is 5.32. The number of carbonyl (C=O) groups is 1. The van der Waals surface area contributed by atoms with Gasteiger partial charge in [0.05, 0.1) is 11.2 Å². The van der Waals surface area contributed by atoms with E-state index in [4.69, 9.17) is 39.5 Å². The first-order valence-corrected chi connectivity index (χ1v) is 7.47. The molecule has 0 saturated heterocycles. The Morgan fingerprint density at radius 3 is 2.61 bits per heavy atom. The van der Waals surface area contributed by atoms with E-state index in [-0.39, 0.29) is 12.4 Å². The fourth-order valence-electron chi connectivity index (χ4n) is 1.57. The minimum Gasteiger partial charge on any atom is -0.507 e. The fraction of sp³-hybridized carbons (Fsp3) is 0.0667. The summed E-state index contributed by atoms with van der Waals surface area (Å²) in [5, 5.41) is 14.5. The molecule has 0 fully saturated rings. The summed E-state index contributed by atoms with van der Waals surface area (Å²) in [4.78, 5) is 11.6. The number of phenols is 1. The molecule has 0 atom stereocenters. The lowest BCUT2D eigenvalue weighted by molar-refractivity contribution is -0.123. The van der Waals surface area contributed by atoms with E-state index in [1.807, 2.05) is 0 Å². The van der Waals surface area contributed by atoms with E-state index < -0.39 is 5.91 Å².